The van der Waals surface area contributed by atoms with Crippen LogP contribution in [0.2, 0.25) is 0 Å². The number of aliphatic hydroxyl groups excluding tert-OH is 1. The number of ketones is 1. The summed E-state index contributed by atoms with van der Waals surface area (Å²) in [7, 11) is 0. The van der Waals surface area contributed by atoms with Gasteiger partial charge in [0.05, 0.1) is 0 Å². The second-order valence-electron chi connectivity index (χ2n) is 1.50. The molecule has 0 aliphatic heterocycles. The predicted molar refractivity (Wildman–Crippen MR) is 27.4 cm³/mol. The Balaban J connectivity index is 4.39. The molecule has 58 valence electrons. The van der Waals surface area contributed by atoms with Crippen molar-refractivity contribution in [2.45, 2.75) is 13.1 Å². The summed E-state index contributed by atoms with van der Waals surface area (Å²) < 4.78 is 34.0. The molecule has 0 bridgehead atoms. The molecule has 0 rings (SSSR count). The molecule has 0 radical (unpaired) electrons. The van der Waals surface area contributed by atoms with E-state index in [1.54, 1.807) is 0 Å². The van der Waals surface area contributed by atoms with Crippen molar-refractivity contribution in [3.05, 3.63) is 11.8 Å². The van der Waals surface area contributed by atoms with Crippen LogP contribution < -0.4 is 0 Å². The third kappa shape index (κ3) is 2.08. The second kappa shape index (κ2) is 2.72. The van der Waals surface area contributed by atoms with Crippen LogP contribution in [0.5, 0.6) is 0 Å². The first-order valence-corrected chi connectivity index (χ1v) is 2.36. The minimum atomic E-state index is -4.98. The summed E-state index contributed by atoms with van der Waals surface area (Å²) >= 11 is 0. The van der Waals surface area contributed by atoms with Gasteiger partial charge in [0.15, 0.2) is 5.76 Å². The lowest BCUT2D eigenvalue weighted by Gasteiger charge is -2.01. The molecule has 0 saturated heterocycles. The number of allylic oxidation sites excluding steroid dienone is 2. The maximum absolute atomic E-state index is 11.3. The van der Waals surface area contributed by atoms with E-state index in [1.807, 2.05) is 0 Å². The van der Waals surface area contributed by atoms with E-state index in [0.29, 0.717) is 6.08 Å². The molecular weight excluding hydrogens is 149 g/mol. The second-order valence-corrected chi connectivity index (χ2v) is 1.50. The molecule has 10 heavy (non-hydrogen) atoms. The van der Waals surface area contributed by atoms with Gasteiger partial charge in [-0.1, -0.05) is 0 Å². The molecule has 0 saturated carbocycles. The summed E-state index contributed by atoms with van der Waals surface area (Å²) in [6.07, 6.45) is -4.29. The maximum atomic E-state index is 11.3. The predicted octanol–water partition coefficient (Wildman–Crippen LogP) is 1.58. The van der Waals surface area contributed by atoms with Crippen LogP contribution in [0.25, 0.3) is 0 Å². The molecule has 0 amide bonds. The zero-order valence-corrected chi connectivity index (χ0v) is 5.07. The van der Waals surface area contributed by atoms with Crippen molar-refractivity contribution in [2.75, 3.05) is 0 Å². The minimum Gasteiger partial charge on any atom is -0.504 e. The highest BCUT2D eigenvalue weighted by Gasteiger charge is 2.40. The van der Waals surface area contributed by atoms with Crippen LogP contribution in [0.15, 0.2) is 11.8 Å². The summed E-state index contributed by atoms with van der Waals surface area (Å²) in [5, 5.41) is 8.25. The van der Waals surface area contributed by atoms with Crippen molar-refractivity contribution in [2.24, 2.45) is 0 Å². The molecule has 0 aromatic rings. The van der Waals surface area contributed by atoms with E-state index in [9.17, 15) is 18.0 Å². The van der Waals surface area contributed by atoms with E-state index in [0.717, 1.165) is 6.92 Å². The molecular formula is C5H5F3O2. The smallest absolute Gasteiger partial charge is 0.458 e. The Morgan fingerprint density at radius 3 is 2.00 bits per heavy atom. The Labute approximate surface area is 55.0 Å². The van der Waals surface area contributed by atoms with Gasteiger partial charge in [0, 0.05) is 0 Å². The molecule has 0 aromatic heterocycles. The number of carbonyl (C=O) groups is 1. The Hall–Kier alpha value is -1.00. The van der Waals surface area contributed by atoms with Crippen LogP contribution in [0.1, 0.15) is 6.92 Å². The molecule has 0 aromatic carbocycles. The largest absolute Gasteiger partial charge is 0.504 e. The highest BCUT2D eigenvalue weighted by Crippen LogP contribution is 2.18. The van der Waals surface area contributed by atoms with E-state index in [1.165, 1.54) is 0 Å². The number of rotatable bonds is 1. The molecule has 5 heteroatoms. The third-order valence-electron chi connectivity index (χ3n) is 0.764. The quantitative estimate of drug-likeness (QED) is 0.459. The highest BCUT2D eigenvalue weighted by atomic mass is 19.4. The maximum Gasteiger partial charge on any atom is 0.458 e. The van der Waals surface area contributed by atoms with E-state index >= 15 is 0 Å². The zero-order chi connectivity index (χ0) is 8.36. The first-order valence-electron chi connectivity index (χ1n) is 2.36. The molecule has 0 fully saturated rings. The molecule has 0 aliphatic rings. The normalized spacial score (nSPS) is 13.4. The average molecular weight is 154 g/mol. The van der Waals surface area contributed by atoms with Crippen LogP contribution in [0.4, 0.5) is 13.2 Å². The monoisotopic (exact) mass is 154 g/mol. The number of carbonyl (C=O) groups excluding carboxylic acids is 1. The van der Waals surface area contributed by atoms with E-state index in [-0.39, 0.29) is 0 Å². The third-order valence-corrected chi connectivity index (χ3v) is 0.764. The van der Waals surface area contributed by atoms with Crippen LogP contribution in [0.3, 0.4) is 0 Å². The van der Waals surface area contributed by atoms with Crippen molar-refractivity contribution in [3.8, 4) is 0 Å². The molecule has 2 nitrogen and oxygen atoms in total. The van der Waals surface area contributed by atoms with Gasteiger partial charge in [-0.3, -0.25) is 4.79 Å². The van der Waals surface area contributed by atoms with Crippen molar-refractivity contribution in [1.82, 2.24) is 0 Å². The number of hydrogen-bond acceptors (Lipinski definition) is 2. The lowest BCUT2D eigenvalue weighted by Crippen LogP contribution is -2.24. The zero-order valence-electron chi connectivity index (χ0n) is 5.07. The minimum absolute atomic E-state index is 0.690. The van der Waals surface area contributed by atoms with Crippen molar-refractivity contribution < 1.29 is 23.1 Å². The number of aliphatic hydroxyl groups is 1. The molecule has 0 aliphatic carbocycles. The van der Waals surface area contributed by atoms with E-state index in [4.69, 9.17) is 5.11 Å². The summed E-state index contributed by atoms with van der Waals surface area (Å²) in [5.74, 6) is -3.48. The van der Waals surface area contributed by atoms with Crippen molar-refractivity contribution in [3.63, 3.8) is 0 Å². The van der Waals surface area contributed by atoms with Gasteiger partial charge < -0.3 is 5.11 Å². The van der Waals surface area contributed by atoms with Gasteiger partial charge in [-0.25, -0.2) is 0 Å². The SMILES string of the molecule is C/C=C(\O)C(=O)C(F)(F)F. The van der Waals surface area contributed by atoms with E-state index < -0.39 is 17.7 Å². The van der Waals surface area contributed by atoms with Gasteiger partial charge >= 0.3 is 6.18 Å². The molecule has 0 heterocycles. The van der Waals surface area contributed by atoms with Crippen LogP contribution in [0, 0.1) is 0 Å². The fourth-order valence-electron chi connectivity index (χ4n) is 0.276. The van der Waals surface area contributed by atoms with Crippen LogP contribution in [-0.2, 0) is 4.79 Å². The number of alkyl halides is 3. The standard InChI is InChI=1S/C5H5F3O2/c1-2-3(9)4(10)5(6,7)8/h2,9H,1H3/b3-2-. The summed E-state index contributed by atoms with van der Waals surface area (Å²) in [6.45, 7) is 1.14. The summed E-state index contributed by atoms with van der Waals surface area (Å²) in [5.41, 5.74) is 0. The van der Waals surface area contributed by atoms with Crippen molar-refractivity contribution in [1.29, 1.82) is 0 Å². The molecule has 0 spiro atoms. The van der Waals surface area contributed by atoms with E-state index in [2.05, 4.69) is 0 Å². The highest BCUT2D eigenvalue weighted by molar-refractivity contribution is 5.97. The lowest BCUT2D eigenvalue weighted by molar-refractivity contribution is -0.169. The average Bonchev–Trinajstić information content (AvgIpc) is 1.83. The number of halogens is 3. The fourth-order valence-corrected chi connectivity index (χ4v) is 0.276. The van der Waals surface area contributed by atoms with Gasteiger partial charge in [0.25, 0.3) is 5.78 Å². The molecule has 0 unspecified atom stereocenters. The lowest BCUT2D eigenvalue weighted by atomic mass is 10.3. The molecule has 0 atom stereocenters. The first-order chi connectivity index (χ1) is 4.39. The Kier molecular flexibility index (Phi) is 2.45. The fraction of sp³-hybridized carbons (Fsp3) is 0.400. The Morgan fingerprint density at radius 1 is 1.50 bits per heavy atom. The Morgan fingerprint density at radius 2 is 1.90 bits per heavy atom. The topological polar surface area (TPSA) is 37.3 Å². The Bertz CT molecular complexity index is 168. The van der Waals surface area contributed by atoms with Gasteiger partial charge in [-0.2, -0.15) is 13.2 Å². The number of Topliss-reactive ketones (excluding diaryl/α,β-unsaturated/α-hetero) is 1. The van der Waals surface area contributed by atoms with Crippen LogP contribution in [-0.4, -0.2) is 17.1 Å². The summed E-state index contributed by atoms with van der Waals surface area (Å²) in [4.78, 5) is 9.95. The van der Waals surface area contributed by atoms with Gasteiger partial charge in [-0.15, -0.1) is 0 Å². The van der Waals surface area contributed by atoms with Crippen molar-refractivity contribution >= 4 is 5.78 Å². The van der Waals surface area contributed by atoms with Gasteiger partial charge in [0.2, 0.25) is 0 Å². The number of hydrogen-bond donors (Lipinski definition) is 1. The van der Waals surface area contributed by atoms with Crippen LogP contribution >= 0.6 is 0 Å². The summed E-state index contributed by atoms with van der Waals surface area (Å²) in [6, 6.07) is 0. The molecule has 1 N–H and O–H groups in total. The van der Waals surface area contributed by atoms with Gasteiger partial charge in [0.1, 0.15) is 0 Å². The first kappa shape index (κ1) is 9.00. The van der Waals surface area contributed by atoms with Gasteiger partial charge in [-0.05, 0) is 13.0 Å².